The Hall–Kier alpha value is -1.94. The molecule has 0 aromatic heterocycles. The maximum atomic E-state index is 12.1. The third kappa shape index (κ3) is 2.51. The number of ketones is 1. The van der Waals surface area contributed by atoms with E-state index in [1.165, 1.54) is 7.11 Å². The van der Waals surface area contributed by atoms with E-state index in [9.17, 15) is 9.59 Å². The largest absolute Gasteiger partial charge is 0.466 e. The van der Waals surface area contributed by atoms with Gasteiger partial charge in [0, 0.05) is 5.56 Å². The minimum Gasteiger partial charge on any atom is -0.466 e. The highest BCUT2D eigenvalue weighted by atomic mass is 16.5. The zero-order valence-electron chi connectivity index (χ0n) is 12.2. The SMILES string of the molecule is COC(=O)C1=C(c2ccc(C(C)=O)cc2)CC2CC[C@@H]1O2. The van der Waals surface area contributed by atoms with Gasteiger partial charge in [0.25, 0.3) is 0 Å². The first-order valence-electron chi connectivity index (χ1n) is 7.18. The Kier molecular flexibility index (Phi) is 3.64. The molecule has 0 saturated carbocycles. The normalized spacial score (nSPS) is 24.1. The molecule has 0 spiro atoms. The highest BCUT2D eigenvalue weighted by molar-refractivity contribution is 6.00. The topological polar surface area (TPSA) is 52.6 Å². The summed E-state index contributed by atoms with van der Waals surface area (Å²) in [5, 5.41) is 0. The molecule has 4 nitrogen and oxygen atoms in total. The molecule has 1 saturated heterocycles. The molecule has 21 heavy (non-hydrogen) atoms. The van der Waals surface area contributed by atoms with Crippen LogP contribution in [0.3, 0.4) is 0 Å². The molecule has 110 valence electrons. The Bertz CT molecular complexity index is 612. The fourth-order valence-corrected chi connectivity index (χ4v) is 3.14. The van der Waals surface area contributed by atoms with Crippen LogP contribution in [0.5, 0.6) is 0 Å². The average Bonchev–Trinajstić information content (AvgIpc) is 2.88. The van der Waals surface area contributed by atoms with Crippen LogP contribution < -0.4 is 0 Å². The van der Waals surface area contributed by atoms with Crippen LogP contribution in [0.25, 0.3) is 5.57 Å². The molecule has 1 aromatic carbocycles. The molecule has 0 N–H and O–H groups in total. The van der Waals surface area contributed by atoms with E-state index in [-0.39, 0.29) is 24.0 Å². The number of carbonyl (C=O) groups is 2. The third-order valence-electron chi connectivity index (χ3n) is 4.23. The van der Waals surface area contributed by atoms with Crippen molar-refractivity contribution in [3.05, 3.63) is 41.0 Å². The van der Waals surface area contributed by atoms with Crippen molar-refractivity contribution in [2.24, 2.45) is 0 Å². The Morgan fingerprint density at radius 3 is 2.52 bits per heavy atom. The average molecular weight is 286 g/mol. The third-order valence-corrected chi connectivity index (χ3v) is 4.23. The van der Waals surface area contributed by atoms with Gasteiger partial charge in [-0.1, -0.05) is 24.3 Å². The van der Waals surface area contributed by atoms with Crippen LogP contribution in [0, 0.1) is 0 Å². The Morgan fingerprint density at radius 2 is 1.90 bits per heavy atom. The number of carbonyl (C=O) groups excluding carboxylic acids is 2. The molecule has 2 aliphatic heterocycles. The molecule has 4 heteroatoms. The van der Waals surface area contributed by atoms with Crippen molar-refractivity contribution in [1.82, 2.24) is 0 Å². The number of esters is 1. The van der Waals surface area contributed by atoms with Crippen LogP contribution in [-0.4, -0.2) is 31.1 Å². The summed E-state index contributed by atoms with van der Waals surface area (Å²) < 4.78 is 10.8. The van der Waals surface area contributed by atoms with Gasteiger partial charge in [-0.25, -0.2) is 4.79 Å². The molecule has 3 rings (SSSR count). The molecule has 1 fully saturated rings. The fourth-order valence-electron chi connectivity index (χ4n) is 3.14. The number of hydrogen-bond donors (Lipinski definition) is 0. The molecular weight excluding hydrogens is 268 g/mol. The van der Waals surface area contributed by atoms with Gasteiger partial charge < -0.3 is 9.47 Å². The van der Waals surface area contributed by atoms with E-state index in [0.29, 0.717) is 11.1 Å². The molecule has 2 aliphatic rings. The van der Waals surface area contributed by atoms with Crippen LogP contribution in [0.1, 0.15) is 42.1 Å². The second-order valence-corrected chi connectivity index (χ2v) is 5.55. The van der Waals surface area contributed by atoms with Crippen molar-refractivity contribution >= 4 is 17.3 Å². The van der Waals surface area contributed by atoms with E-state index in [4.69, 9.17) is 9.47 Å². The van der Waals surface area contributed by atoms with Crippen LogP contribution in [-0.2, 0) is 14.3 Å². The minimum absolute atomic E-state index is 0.0377. The highest BCUT2D eigenvalue weighted by Crippen LogP contribution is 2.41. The number of ether oxygens (including phenoxy) is 2. The van der Waals surface area contributed by atoms with Crippen molar-refractivity contribution in [2.45, 2.75) is 38.4 Å². The lowest BCUT2D eigenvalue weighted by Crippen LogP contribution is -2.26. The number of Topliss-reactive ketones (excluding diaryl/α,β-unsaturated/α-hetero) is 1. The lowest BCUT2D eigenvalue weighted by atomic mass is 9.91. The number of hydrogen-bond acceptors (Lipinski definition) is 4. The standard InChI is InChI=1S/C17H18O4/c1-10(18)11-3-5-12(6-4-11)14-9-13-7-8-15(21-13)16(14)17(19)20-2/h3-6,13,15H,7-9H2,1-2H3/t13?,15-/m0/s1. The zero-order chi connectivity index (χ0) is 15.0. The molecule has 2 atom stereocenters. The van der Waals surface area contributed by atoms with Gasteiger partial charge in [0.05, 0.1) is 24.9 Å². The van der Waals surface area contributed by atoms with Gasteiger partial charge in [-0.3, -0.25) is 4.79 Å². The second kappa shape index (κ2) is 5.45. The molecule has 0 radical (unpaired) electrons. The Morgan fingerprint density at radius 1 is 1.19 bits per heavy atom. The van der Waals surface area contributed by atoms with Crippen LogP contribution in [0.4, 0.5) is 0 Å². The molecule has 2 bridgehead atoms. The number of rotatable bonds is 3. The van der Waals surface area contributed by atoms with Gasteiger partial charge in [-0.05, 0) is 37.3 Å². The maximum absolute atomic E-state index is 12.1. The lowest BCUT2D eigenvalue weighted by molar-refractivity contribution is -0.137. The van der Waals surface area contributed by atoms with E-state index < -0.39 is 0 Å². The van der Waals surface area contributed by atoms with Gasteiger partial charge in [0.1, 0.15) is 0 Å². The maximum Gasteiger partial charge on any atom is 0.336 e. The quantitative estimate of drug-likeness (QED) is 0.633. The molecule has 2 heterocycles. The van der Waals surface area contributed by atoms with Crippen LogP contribution >= 0.6 is 0 Å². The van der Waals surface area contributed by atoms with Crippen molar-refractivity contribution in [2.75, 3.05) is 7.11 Å². The van der Waals surface area contributed by atoms with Gasteiger partial charge in [0.15, 0.2) is 5.78 Å². The van der Waals surface area contributed by atoms with E-state index >= 15 is 0 Å². The van der Waals surface area contributed by atoms with Crippen molar-refractivity contribution in [3.63, 3.8) is 0 Å². The Labute approximate surface area is 123 Å². The molecule has 1 unspecified atom stereocenters. The summed E-state index contributed by atoms with van der Waals surface area (Å²) in [4.78, 5) is 23.5. The summed E-state index contributed by atoms with van der Waals surface area (Å²) in [6.45, 7) is 1.54. The number of benzene rings is 1. The fraction of sp³-hybridized carbons (Fsp3) is 0.412. The Balaban J connectivity index is 2.03. The zero-order valence-corrected chi connectivity index (χ0v) is 12.2. The lowest BCUT2D eigenvalue weighted by Gasteiger charge is -2.26. The predicted octanol–water partition coefficient (Wildman–Crippen LogP) is 2.77. The van der Waals surface area contributed by atoms with Crippen molar-refractivity contribution in [3.8, 4) is 0 Å². The van der Waals surface area contributed by atoms with Crippen LogP contribution in [0.2, 0.25) is 0 Å². The molecule has 1 aromatic rings. The second-order valence-electron chi connectivity index (χ2n) is 5.55. The first-order valence-corrected chi connectivity index (χ1v) is 7.18. The van der Waals surface area contributed by atoms with Crippen molar-refractivity contribution in [1.29, 1.82) is 0 Å². The minimum atomic E-state index is -0.314. The number of methoxy groups -OCH3 is 1. The van der Waals surface area contributed by atoms with E-state index in [1.54, 1.807) is 19.1 Å². The summed E-state index contributed by atoms with van der Waals surface area (Å²) in [5.41, 5.74) is 3.28. The molecule has 0 amide bonds. The summed E-state index contributed by atoms with van der Waals surface area (Å²) in [5.74, 6) is -0.276. The summed E-state index contributed by atoms with van der Waals surface area (Å²) in [6.07, 6.45) is 2.59. The first-order chi connectivity index (χ1) is 10.1. The van der Waals surface area contributed by atoms with E-state index in [0.717, 1.165) is 30.4 Å². The van der Waals surface area contributed by atoms with Crippen LogP contribution in [0.15, 0.2) is 29.8 Å². The monoisotopic (exact) mass is 286 g/mol. The highest BCUT2D eigenvalue weighted by Gasteiger charge is 2.39. The summed E-state index contributed by atoms with van der Waals surface area (Å²) in [7, 11) is 1.40. The van der Waals surface area contributed by atoms with Gasteiger partial charge in [0.2, 0.25) is 0 Å². The molecule has 0 aliphatic carbocycles. The smallest absolute Gasteiger partial charge is 0.336 e. The van der Waals surface area contributed by atoms with Crippen molar-refractivity contribution < 1.29 is 19.1 Å². The first kappa shape index (κ1) is 14.0. The van der Waals surface area contributed by atoms with Gasteiger partial charge in [-0.15, -0.1) is 0 Å². The predicted molar refractivity (Wildman–Crippen MR) is 77.9 cm³/mol. The molecular formula is C17H18O4. The van der Waals surface area contributed by atoms with E-state index in [2.05, 4.69) is 0 Å². The van der Waals surface area contributed by atoms with Gasteiger partial charge >= 0.3 is 5.97 Å². The van der Waals surface area contributed by atoms with E-state index in [1.807, 2.05) is 12.1 Å². The summed E-state index contributed by atoms with van der Waals surface area (Å²) in [6, 6.07) is 7.41. The number of fused-ring (bicyclic) bond motifs is 2. The summed E-state index contributed by atoms with van der Waals surface area (Å²) >= 11 is 0. The van der Waals surface area contributed by atoms with Gasteiger partial charge in [-0.2, -0.15) is 0 Å².